The highest BCUT2D eigenvalue weighted by molar-refractivity contribution is 5.84. The zero-order chi connectivity index (χ0) is 18.5. The van der Waals surface area contributed by atoms with Gasteiger partial charge in [-0.25, -0.2) is 14.5 Å². The molecule has 1 amide bonds. The van der Waals surface area contributed by atoms with Crippen molar-refractivity contribution in [2.24, 2.45) is 0 Å². The minimum absolute atomic E-state index is 0.493. The van der Waals surface area contributed by atoms with Gasteiger partial charge in [-0.15, -0.1) is 0 Å². The number of methoxy groups -OCH3 is 1. The van der Waals surface area contributed by atoms with Crippen molar-refractivity contribution in [1.29, 1.82) is 0 Å². The fourth-order valence-corrected chi connectivity index (χ4v) is 2.47. The summed E-state index contributed by atoms with van der Waals surface area (Å²) in [5.41, 5.74) is 3.65. The molecule has 0 aliphatic heterocycles. The van der Waals surface area contributed by atoms with E-state index in [2.05, 4.69) is 30.4 Å². The summed E-state index contributed by atoms with van der Waals surface area (Å²) < 4.78 is 6.33. The molecule has 2 heterocycles. The van der Waals surface area contributed by atoms with Gasteiger partial charge < -0.3 is 10.1 Å². The van der Waals surface area contributed by atoms with Crippen LogP contribution in [0.3, 0.4) is 0 Å². The third kappa shape index (κ3) is 4.15. The van der Waals surface area contributed by atoms with Crippen LogP contribution in [0.15, 0.2) is 42.7 Å². The maximum absolute atomic E-state index is 11.2. The highest BCUT2D eigenvalue weighted by Gasteiger charge is 2.07. The van der Waals surface area contributed by atoms with Gasteiger partial charge in [0, 0.05) is 17.9 Å². The predicted molar refractivity (Wildman–Crippen MR) is 98.4 cm³/mol. The molecule has 0 aliphatic rings. The summed E-state index contributed by atoms with van der Waals surface area (Å²) >= 11 is 0. The highest BCUT2D eigenvalue weighted by atomic mass is 16.5. The number of rotatable bonds is 5. The lowest BCUT2D eigenvalue weighted by Crippen LogP contribution is -2.11. The zero-order valence-electron chi connectivity index (χ0n) is 14.9. The molecule has 0 unspecified atom stereocenters. The summed E-state index contributed by atoms with van der Waals surface area (Å²) in [6, 6.07) is 9.44. The molecular formula is C18H20N6O2. The molecule has 0 fully saturated rings. The summed E-state index contributed by atoms with van der Waals surface area (Å²) in [5.74, 6) is 1.32. The van der Waals surface area contributed by atoms with Crippen LogP contribution in [-0.2, 0) is 11.3 Å². The molecule has 3 aromatic rings. The average Bonchev–Trinajstić information content (AvgIpc) is 2.99. The average molecular weight is 352 g/mol. The molecule has 0 spiro atoms. The lowest BCUT2D eigenvalue weighted by Gasteiger charge is -2.09. The van der Waals surface area contributed by atoms with E-state index in [9.17, 15) is 4.79 Å². The maximum Gasteiger partial charge on any atom is 0.411 e. The molecule has 0 atom stereocenters. The van der Waals surface area contributed by atoms with Gasteiger partial charge in [-0.2, -0.15) is 5.10 Å². The van der Waals surface area contributed by atoms with Crippen molar-refractivity contribution in [2.45, 2.75) is 20.4 Å². The normalized spacial score (nSPS) is 10.4. The van der Waals surface area contributed by atoms with Gasteiger partial charge in [0.15, 0.2) is 5.82 Å². The molecule has 0 aliphatic carbocycles. The summed E-state index contributed by atoms with van der Waals surface area (Å²) in [4.78, 5) is 20.0. The second-order valence-corrected chi connectivity index (χ2v) is 5.77. The molecule has 8 heteroatoms. The standard InChI is InChI=1S/C18H20N6O2/c1-12-8-13(2)24(23-12)17-11-19-10-16(22-17)20-9-14-4-6-15(7-5-14)21-18(25)26-3/h4-8,10-11H,9H2,1-3H3,(H,20,22)(H,21,25). The first-order chi connectivity index (χ1) is 12.5. The summed E-state index contributed by atoms with van der Waals surface area (Å²) in [6.07, 6.45) is 2.85. The van der Waals surface area contributed by atoms with Crippen molar-refractivity contribution < 1.29 is 9.53 Å². The lowest BCUT2D eigenvalue weighted by molar-refractivity contribution is 0.187. The Morgan fingerprint density at radius 3 is 2.62 bits per heavy atom. The summed E-state index contributed by atoms with van der Waals surface area (Å²) in [7, 11) is 1.33. The van der Waals surface area contributed by atoms with Crippen LogP contribution in [0.1, 0.15) is 17.0 Å². The van der Waals surface area contributed by atoms with Gasteiger partial charge >= 0.3 is 6.09 Å². The first-order valence-corrected chi connectivity index (χ1v) is 8.08. The molecular weight excluding hydrogens is 332 g/mol. The van der Waals surface area contributed by atoms with Crippen LogP contribution in [-0.4, -0.2) is 33.0 Å². The summed E-state index contributed by atoms with van der Waals surface area (Å²) in [5, 5.41) is 10.3. The van der Waals surface area contributed by atoms with Gasteiger partial charge in [0.1, 0.15) is 5.82 Å². The molecule has 0 radical (unpaired) electrons. The van der Waals surface area contributed by atoms with Crippen LogP contribution in [0.4, 0.5) is 16.3 Å². The SMILES string of the molecule is COC(=O)Nc1ccc(CNc2cncc(-n3nc(C)cc3C)n2)cc1. The Labute approximate surface area is 151 Å². The molecule has 0 saturated carbocycles. The lowest BCUT2D eigenvalue weighted by atomic mass is 10.2. The first kappa shape index (κ1) is 17.4. The number of anilines is 2. The van der Waals surface area contributed by atoms with Crippen LogP contribution < -0.4 is 10.6 Å². The Morgan fingerprint density at radius 2 is 1.96 bits per heavy atom. The van der Waals surface area contributed by atoms with Crippen LogP contribution >= 0.6 is 0 Å². The van der Waals surface area contributed by atoms with Crippen molar-refractivity contribution >= 4 is 17.6 Å². The fourth-order valence-electron chi connectivity index (χ4n) is 2.47. The Bertz CT molecular complexity index is 904. The second kappa shape index (κ2) is 7.64. The fraction of sp³-hybridized carbons (Fsp3) is 0.222. The quantitative estimate of drug-likeness (QED) is 0.733. The monoisotopic (exact) mass is 352 g/mol. The molecule has 2 N–H and O–H groups in total. The Morgan fingerprint density at radius 1 is 1.19 bits per heavy atom. The van der Waals surface area contributed by atoms with Crippen molar-refractivity contribution in [3.05, 3.63) is 59.7 Å². The van der Waals surface area contributed by atoms with Crippen LogP contribution in [0, 0.1) is 13.8 Å². The van der Waals surface area contributed by atoms with E-state index in [1.165, 1.54) is 7.11 Å². The molecule has 134 valence electrons. The number of ether oxygens (including phenoxy) is 1. The van der Waals surface area contributed by atoms with Gasteiger partial charge in [-0.3, -0.25) is 10.3 Å². The number of carbonyl (C=O) groups excluding carboxylic acids is 1. The number of hydrogen-bond donors (Lipinski definition) is 2. The summed E-state index contributed by atoms with van der Waals surface area (Å²) in [6.45, 7) is 4.50. The second-order valence-electron chi connectivity index (χ2n) is 5.77. The molecule has 3 rings (SSSR count). The zero-order valence-corrected chi connectivity index (χ0v) is 14.9. The van der Waals surface area contributed by atoms with Crippen LogP contribution in [0.2, 0.25) is 0 Å². The van der Waals surface area contributed by atoms with Gasteiger partial charge in [0.05, 0.1) is 25.2 Å². The smallest absolute Gasteiger partial charge is 0.411 e. The number of aromatic nitrogens is 4. The van der Waals surface area contributed by atoms with E-state index in [4.69, 9.17) is 0 Å². The Kier molecular flexibility index (Phi) is 5.12. The molecule has 2 aromatic heterocycles. The van der Waals surface area contributed by atoms with Gasteiger partial charge in [0.2, 0.25) is 0 Å². The maximum atomic E-state index is 11.2. The molecule has 26 heavy (non-hydrogen) atoms. The van der Waals surface area contributed by atoms with Gasteiger partial charge in [0.25, 0.3) is 0 Å². The van der Waals surface area contributed by atoms with E-state index in [1.807, 2.05) is 44.2 Å². The van der Waals surface area contributed by atoms with Gasteiger partial charge in [-0.1, -0.05) is 12.1 Å². The molecule has 0 bridgehead atoms. The highest BCUT2D eigenvalue weighted by Crippen LogP contribution is 2.13. The number of nitrogens with zero attached hydrogens (tertiary/aromatic N) is 4. The Balaban J connectivity index is 1.66. The van der Waals surface area contributed by atoms with E-state index in [-0.39, 0.29) is 0 Å². The van der Waals surface area contributed by atoms with E-state index in [0.717, 1.165) is 17.0 Å². The number of hydrogen-bond acceptors (Lipinski definition) is 6. The molecule has 1 aromatic carbocycles. The number of nitrogens with one attached hydrogen (secondary N) is 2. The molecule has 8 nitrogen and oxygen atoms in total. The third-order valence-electron chi connectivity index (χ3n) is 3.71. The minimum atomic E-state index is -0.493. The third-order valence-corrected chi connectivity index (χ3v) is 3.71. The van der Waals surface area contributed by atoms with E-state index < -0.39 is 6.09 Å². The first-order valence-electron chi connectivity index (χ1n) is 8.08. The van der Waals surface area contributed by atoms with Crippen LogP contribution in [0.25, 0.3) is 5.82 Å². The number of benzene rings is 1. The van der Waals surface area contributed by atoms with E-state index in [1.54, 1.807) is 17.1 Å². The van der Waals surface area contributed by atoms with Gasteiger partial charge in [-0.05, 0) is 37.6 Å². The number of amides is 1. The number of aryl methyl sites for hydroxylation is 2. The minimum Gasteiger partial charge on any atom is -0.453 e. The largest absolute Gasteiger partial charge is 0.453 e. The van der Waals surface area contributed by atoms with E-state index >= 15 is 0 Å². The van der Waals surface area contributed by atoms with Crippen molar-refractivity contribution in [3.8, 4) is 5.82 Å². The van der Waals surface area contributed by atoms with Crippen molar-refractivity contribution in [3.63, 3.8) is 0 Å². The molecule has 0 saturated heterocycles. The van der Waals surface area contributed by atoms with Crippen molar-refractivity contribution in [1.82, 2.24) is 19.7 Å². The van der Waals surface area contributed by atoms with Crippen molar-refractivity contribution in [2.75, 3.05) is 17.7 Å². The number of carbonyl (C=O) groups is 1. The Hall–Kier alpha value is -3.42. The topological polar surface area (TPSA) is 94.0 Å². The predicted octanol–water partition coefficient (Wildman–Crippen LogP) is 3.07. The van der Waals surface area contributed by atoms with Crippen LogP contribution in [0.5, 0.6) is 0 Å². The van der Waals surface area contributed by atoms with E-state index in [0.29, 0.717) is 23.9 Å².